The minimum atomic E-state index is 0.601. The van der Waals surface area contributed by atoms with Crippen LogP contribution in [0.4, 0.5) is 0 Å². The fourth-order valence-corrected chi connectivity index (χ4v) is 8.05. The molecule has 5 nitrogen and oxygen atoms in total. The first-order valence-corrected chi connectivity index (χ1v) is 19.4. The molecular weight excluding hydrogens is 707 g/mol. The summed E-state index contributed by atoms with van der Waals surface area (Å²) in [4.78, 5) is 24.6. The van der Waals surface area contributed by atoms with Crippen LogP contribution < -0.4 is 0 Å². The van der Waals surface area contributed by atoms with E-state index in [4.69, 9.17) is 15.0 Å². The first-order valence-electron chi connectivity index (χ1n) is 19.4. The molecule has 0 radical (unpaired) electrons. The summed E-state index contributed by atoms with van der Waals surface area (Å²) in [7, 11) is 0. The van der Waals surface area contributed by atoms with E-state index < -0.39 is 0 Å². The van der Waals surface area contributed by atoms with Crippen molar-refractivity contribution in [3.63, 3.8) is 0 Å². The van der Waals surface area contributed by atoms with Gasteiger partial charge in [-0.15, -0.1) is 0 Å². The van der Waals surface area contributed by atoms with E-state index in [-0.39, 0.29) is 0 Å². The summed E-state index contributed by atoms with van der Waals surface area (Å²) in [5.41, 5.74) is 8.04. The van der Waals surface area contributed by atoms with Crippen LogP contribution in [0.5, 0.6) is 0 Å². The van der Waals surface area contributed by atoms with E-state index in [1.165, 1.54) is 32.3 Å². The number of hydrogen-bond acceptors (Lipinski definition) is 5. The Kier molecular flexibility index (Phi) is 8.07. The topological polar surface area (TPSA) is 64.5 Å². The van der Waals surface area contributed by atoms with Crippen LogP contribution in [0.1, 0.15) is 0 Å². The van der Waals surface area contributed by atoms with E-state index in [1.807, 2.05) is 6.07 Å². The molecule has 5 heteroatoms. The summed E-state index contributed by atoms with van der Waals surface area (Å²) in [5, 5.41) is 9.41. The van der Waals surface area contributed by atoms with Crippen molar-refractivity contribution in [2.24, 2.45) is 0 Å². The molecule has 11 rings (SSSR count). The molecule has 0 atom stereocenters. The van der Waals surface area contributed by atoms with Crippen molar-refractivity contribution in [2.75, 3.05) is 0 Å². The van der Waals surface area contributed by atoms with Gasteiger partial charge in [0.15, 0.2) is 23.3 Å². The number of benzene rings is 9. The Morgan fingerprint density at radius 3 is 1.34 bits per heavy atom. The third-order valence-corrected chi connectivity index (χ3v) is 11.0. The highest BCUT2D eigenvalue weighted by Crippen LogP contribution is 2.39. The van der Waals surface area contributed by atoms with E-state index in [2.05, 4.69) is 192 Å². The van der Waals surface area contributed by atoms with Gasteiger partial charge in [0.05, 0.1) is 0 Å². The third kappa shape index (κ3) is 6.12. The molecule has 0 spiro atoms. The Hall–Kier alpha value is -7.89. The van der Waals surface area contributed by atoms with Crippen molar-refractivity contribution in [2.45, 2.75) is 0 Å². The quantitative estimate of drug-likeness (QED) is 0.159. The predicted octanol–water partition coefficient (Wildman–Crippen LogP) is 13.3. The van der Waals surface area contributed by atoms with Crippen molar-refractivity contribution < 1.29 is 0 Å². The lowest BCUT2D eigenvalue weighted by atomic mass is 9.90. The lowest BCUT2D eigenvalue weighted by molar-refractivity contribution is 1.08. The predicted molar refractivity (Wildman–Crippen MR) is 238 cm³/mol. The fourth-order valence-electron chi connectivity index (χ4n) is 8.05. The Morgan fingerprint density at radius 2 is 0.707 bits per heavy atom. The van der Waals surface area contributed by atoms with Gasteiger partial charge in [0.2, 0.25) is 0 Å². The third-order valence-electron chi connectivity index (χ3n) is 11.0. The minimum Gasteiger partial charge on any atom is -0.237 e. The summed E-state index contributed by atoms with van der Waals surface area (Å²) >= 11 is 0. The molecule has 0 saturated carbocycles. The largest absolute Gasteiger partial charge is 0.237 e. The second kappa shape index (κ2) is 14.0. The van der Waals surface area contributed by atoms with Crippen LogP contribution in [0.3, 0.4) is 0 Å². The minimum absolute atomic E-state index is 0.601. The van der Waals surface area contributed by atoms with Gasteiger partial charge in [0.1, 0.15) is 0 Å². The SMILES string of the molecule is c1cnc(-c2ccc(-c3cc(-c4nc(-c5ccc6ccccc6c5)nc(-c5ccc6ccccc6c5)n4)cc(-c4cc5ccccc5c5ccccc45)c3)cc2)nc1. The van der Waals surface area contributed by atoms with E-state index in [0.717, 1.165) is 55.3 Å². The standard InChI is InChI=1S/C53H33N5/c1-3-12-38-28-41(24-20-34(38)10-1)51-56-52(42-25-21-35-11-2-4-13-39(35)29-42)58-53(57-51)45-31-43(36-18-22-37(23-19-36)50-54-26-9-27-55-50)30-44(32-45)49-33-40-14-5-6-15-46(40)47-16-7-8-17-48(47)49/h1-33H. The van der Waals surface area contributed by atoms with E-state index in [9.17, 15) is 0 Å². The fraction of sp³-hybridized carbons (Fsp3) is 0. The molecule has 9 aromatic carbocycles. The molecule has 58 heavy (non-hydrogen) atoms. The van der Waals surface area contributed by atoms with Crippen LogP contribution in [-0.4, -0.2) is 24.9 Å². The van der Waals surface area contributed by atoms with Gasteiger partial charge in [-0.05, 0) is 108 Å². The zero-order valence-electron chi connectivity index (χ0n) is 31.3. The summed E-state index contributed by atoms with van der Waals surface area (Å²) in [6.45, 7) is 0. The smallest absolute Gasteiger partial charge is 0.164 e. The van der Waals surface area contributed by atoms with Gasteiger partial charge in [0.25, 0.3) is 0 Å². The van der Waals surface area contributed by atoms with Gasteiger partial charge in [-0.1, -0.05) is 146 Å². The van der Waals surface area contributed by atoms with Crippen molar-refractivity contribution >= 4 is 43.1 Å². The van der Waals surface area contributed by atoms with Crippen molar-refractivity contribution in [1.29, 1.82) is 0 Å². The van der Waals surface area contributed by atoms with Crippen molar-refractivity contribution in [3.8, 4) is 67.8 Å². The van der Waals surface area contributed by atoms with Crippen LogP contribution in [0, 0.1) is 0 Å². The Bertz CT molecular complexity index is 3240. The molecule has 2 aromatic heterocycles. The summed E-state index contributed by atoms with van der Waals surface area (Å²) in [6, 6.07) is 66.2. The summed E-state index contributed by atoms with van der Waals surface area (Å²) in [6.07, 6.45) is 3.54. The van der Waals surface area contributed by atoms with Gasteiger partial charge in [-0.25, -0.2) is 24.9 Å². The number of hydrogen-bond donors (Lipinski definition) is 0. The molecule has 0 aliphatic rings. The molecule has 0 saturated heterocycles. The number of fused-ring (bicyclic) bond motifs is 5. The van der Waals surface area contributed by atoms with Crippen LogP contribution >= 0.6 is 0 Å². The van der Waals surface area contributed by atoms with E-state index in [0.29, 0.717) is 23.3 Å². The van der Waals surface area contributed by atoms with Crippen molar-refractivity contribution in [3.05, 3.63) is 200 Å². The molecule has 0 unspecified atom stereocenters. The van der Waals surface area contributed by atoms with E-state index >= 15 is 0 Å². The van der Waals surface area contributed by atoms with Gasteiger partial charge < -0.3 is 0 Å². The lowest BCUT2D eigenvalue weighted by Gasteiger charge is -2.15. The molecule has 0 aliphatic carbocycles. The second-order valence-electron chi connectivity index (χ2n) is 14.6. The molecular formula is C53H33N5. The first-order chi connectivity index (χ1) is 28.7. The highest BCUT2D eigenvalue weighted by Gasteiger charge is 2.17. The molecule has 0 bridgehead atoms. The van der Waals surface area contributed by atoms with Gasteiger partial charge in [-0.3, -0.25) is 0 Å². The maximum atomic E-state index is 5.27. The van der Waals surface area contributed by atoms with Gasteiger partial charge in [-0.2, -0.15) is 0 Å². The zero-order valence-corrected chi connectivity index (χ0v) is 31.3. The Labute approximate surface area is 335 Å². The molecule has 0 N–H and O–H groups in total. The Balaban J connectivity index is 1.15. The second-order valence-corrected chi connectivity index (χ2v) is 14.6. The van der Waals surface area contributed by atoms with E-state index in [1.54, 1.807) is 12.4 Å². The maximum Gasteiger partial charge on any atom is 0.164 e. The normalized spacial score (nSPS) is 11.4. The van der Waals surface area contributed by atoms with Crippen LogP contribution in [0.2, 0.25) is 0 Å². The highest BCUT2D eigenvalue weighted by atomic mass is 15.0. The van der Waals surface area contributed by atoms with Crippen LogP contribution in [0.15, 0.2) is 200 Å². The maximum absolute atomic E-state index is 5.27. The van der Waals surface area contributed by atoms with Crippen molar-refractivity contribution in [1.82, 2.24) is 24.9 Å². The molecule has 0 amide bonds. The monoisotopic (exact) mass is 739 g/mol. The number of aromatic nitrogens is 5. The number of nitrogens with zero attached hydrogens (tertiary/aromatic N) is 5. The first kappa shape index (κ1) is 33.4. The Morgan fingerprint density at radius 1 is 0.241 bits per heavy atom. The average molecular weight is 740 g/mol. The molecule has 0 fully saturated rings. The van der Waals surface area contributed by atoms with Gasteiger partial charge >= 0.3 is 0 Å². The summed E-state index contributed by atoms with van der Waals surface area (Å²) < 4.78 is 0. The zero-order chi connectivity index (χ0) is 38.4. The molecule has 270 valence electrons. The molecule has 11 aromatic rings. The summed E-state index contributed by atoms with van der Waals surface area (Å²) in [5.74, 6) is 2.53. The molecule has 0 aliphatic heterocycles. The average Bonchev–Trinajstić information content (AvgIpc) is 3.31. The van der Waals surface area contributed by atoms with Crippen LogP contribution in [0.25, 0.3) is 111 Å². The molecule has 2 heterocycles. The number of rotatable bonds is 6. The van der Waals surface area contributed by atoms with Crippen LogP contribution in [-0.2, 0) is 0 Å². The lowest BCUT2D eigenvalue weighted by Crippen LogP contribution is -2.01. The highest BCUT2D eigenvalue weighted by molar-refractivity contribution is 6.14. The van der Waals surface area contributed by atoms with Gasteiger partial charge in [0, 0.05) is 34.6 Å².